The van der Waals surface area contributed by atoms with E-state index in [1.54, 1.807) is 6.20 Å². The summed E-state index contributed by atoms with van der Waals surface area (Å²) >= 11 is 0. The van der Waals surface area contributed by atoms with E-state index < -0.39 is 0 Å². The van der Waals surface area contributed by atoms with Crippen LogP contribution in [0.4, 0.5) is 5.82 Å². The van der Waals surface area contributed by atoms with E-state index in [9.17, 15) is 0 Å². The van der Waals surface area contributed by atoms with E-state index in [4.69, 9.17) is 11.1 Å². The van der Waals surface area contributed by atoms with Crippen LogP contribution >= 0.6 is 0 Å². The van der Waals surface area contributed by atoms with Gasteiger partial charge in [-0.3, -0.25) is 5.41 Å². The van der Waals surface area contributed by atoms with Crippen LogP contribution < -0.4 is 10.6 Å². The average molecular weight is 233 g/mol. The molecule has 5 nitrogen and oxygen atoms in total. The minimum Gasteiger partial charge on any atom is -0.384 e. The summed E-state index contributed by atoms with van der Waals surface area (Å²) in [4.78, 5) is 10.7. The molecule has 3 N–H and O–H groups in total. The standard InChI is InChI=1S/C12H19N5/c1-8-15-6-9(10(13)14)11(16-8)17-5-4-12(2,3)7-17/h6H,4-5,7H2,1-3H3,(H3,13,14). The first kappa shape index (κ1) is 11.8. The van der Waals surface area contributed by atoms with Crippen LogP contribution in [0.5, 0.6) is 0 Å². The van der Waals surface area contributed by atoms with Crippen LogP contribution in [0.25, 0.3) is 0 Å². The van der Waals surface area contributed by atoms with Crippen LogP contribution in [-0.4, -0.2) is 28.9 Å². The quantitative estimate of drug-likeness (QED) is 0.596. The highest BCUT2D eigenvalue weighted by Crippen LogP contribution is 2.32. The SMILES string of the molecule is Cc1ncc(C(=N)N)c(N2CCC(C)(C)C2)n1. The third kappa shape index (κ3) is 2.38. The predicted molar refractivity (Wildman–Crippen MR) is 68.4 cm³/mol. The maximum Gasteiger partial charge on any atom is 0.143 e. The molecule has 0 atom stereocenters. The summed E-state index contributed by atoms with van der Waals surface area (Å²) < 4.78 is 0. The summed E-state index contributed by atoms with van der Waals surface area (Å²) in [5.41, 5.74) is 6.51. The molecule has 2 rings (SSSR count). The molecule has 0 radical (unpaired) electrons. The Kier molecular flexibility index (Phi) is 2.77. The molecule has 5 heteroatoms. The largest absolute Gasteiger partial charge is 0.384 e. The number of aryl methyl sites for hydroxylation is 1. The Labute approximate surface area is 102 Å². The summed E-state index contributed by atoms with van der Waals surface area (Å²) in [5.74, 6) is 1.55. The highest BCUT2D eigenvalue weighted by atomic mass is 15.2. The minimum absolute atomic E-state index is 0.0321. The van der Waals surface area contributed by atoms with Crippen molar-refractivity contribution in [1.29, 1.82) is 5.41 Å². The van der Waals surface area contributed by atoms with Gasteiger partial charge in [0.05, 0.1) is 5.56 Å². The molecule has 1 aliphatic heterocycles. The molecule has 0 amide bonds. The van der Waals surface area contributed by atoms with Crippen molar-refractivity contribution in [2.45, 2.75) is 27.2 Å². The van der Waals surface area contributed by atoms with Gasteiger partial charge in [-0.1, -0.05) is 13.8 Å². The molecule has 0 unspecified atom stereocenters. The highest BCUT2D eigenvalue weighted by Gasteiger charge is 2.31. The van der Waals surface area contributed by atoms with Crippen LogP contribution in [0.1, 0.15) is 31.7 Å². The van der Waals surface area contributed by atoms with Gasteiger partial charge in [0.15, 0.2) is 0 Å². The van der Waals surface area contributed by atoms with Gasteiger partial charge in [0.25, 0.3) is 0 Å². The van der Waals surface area contributed by atoms with Gasteiger partial charge in [-0.05, 0) is 18.8 Å². The molecule has 92 valence electrons. The number of anilines is 1. The normalized spacial score (nSPS) is 18.4. The lowest BCUT2D eigenvalue weighted by molar-refractivity contribution is 0.418. The van der Waals surface area contributed by atoms with Gasteiger partial charge in [-0.15, -0.1) is 0 Å². The molecular weight excluding hydrogens is 214 g/mol. The van der Waals surface area contributed by atoms with E-state index in [1.165, 1.54) is 0 Å². The van der Waals surface area contributed by atoms with E-state index in [2.05, 4.69) is 28.7 Å². The Bertz CT molecular complexity index is 452. The summed E-state index contributed by atoms with van der Waals surface area (Å²) in [6, 6.07) is 0. The van der Waals surface area contributed by atoms with Gasteiger partial charge >= 0.3 is 0 Å². The molecule has 1 fully saturated rings. The molecule has 2 heterocycles. The monoisotopic (exact) mass is 233 g/mol. The lowest BCUT2D eigenvalue weighted by Crippen LogP contribution is -2.27. The van der Waals surface area contributed by atoms with Gasteiger partial charge in [0, 0.05) is 19.3 Å². The first-order chi connectivity index (χ1) is 7.89. The van der Waals surface area contributed by atoms with Gasteiger partial charge in [0.1, 0.15) is 17.5 Å². The Balaban J connectivity index is 2.38. The zero-order valence-electron chi connectivity index (χ0n) is 10.6. The van der Waals surface area contributed by atoms with E-state index in [0.717, 1.165) is 31.2 Å². The molecule has 0 aromatic carbocycles. The van der Waals surface area contributed by atoms with Crippen molar-refractivity contribution in [1.82, 2.24) is 9.97 Å². The van der Waals surface area contributed by atoms with E-state index in [0.29, 0.717) is 11.0 Å². The minimum atomic E-state index is 0.0321. The van der Waals surface area contributed by atoms with Gasteiger partial charge in [-0.25, -0.2) is 9.97 Å². The van der Waals surface area contributed by atoms with Crippen LogP contribution in [0.2, 0.25) is 0 Å². The topological polar surface area (TPSA) is 78.9 Å². The van der Waals surface area contributed by atoms with Crippen molar-refractivity contribution in [3.05, 3.63) is 17.6 Å². The third-order valence-electron chi connectivity index (χ3n) is 3.16. The van der Waals surface area contributed by atoms with Crippen LogP contribution in [0.15, 0.2) is 6.20 Å². The number of aromatic nitrogens is 2. The number of hydrogen-bond donors (Lipinski definition) is 2. The lowest BCUT2D eigenvalue weighted by atomic mass is 9.93. The van der Waals surface area contributed by atoms with Crippen molar-refractivity contribution in [2.24, 2.45) is 11.1 Å². The molecule has 1 saturated heterocycles. The molecule has 0 bridgehead atoms. The number of nitrogens with zero attached hydrogens (tertiary/aromatic N) is 3. The van der Waals surface area contributed by atoms with Crippen LogP contribution in [0.3, 0.4) is 0 Å². The van der Waals surface area contributed by atoms with Crippen LogP contribution in [0, 0.1) is 17.7 Å². The number of nitrogens with one attached hydrogen (secondary N) is 1. The van der Waals surface area contributed by atoms with Crippen molar-refractivity contribution in [2.75, 3.05) is 18.0 Å². The Morgan fingerprint density at radius 1 is 1.53 bits per heavy atom. The van der Waals surface area contributed by atoms with Crippen molar-refractivity contribution in [3.8, 4) is 0 Å². The number of rotatable bonds is 2. The molecule has 0 aliphatic carbocycles. The number of nitrogens with two attached hydrogens (primary N) is 1. The Morgan fingerprint density at radius 2 is 2.24 bits per heavy atom. The fourth-order valence-electron chi connectivity index (χ4n) is 2.18. The zero-order valence-corrected chi connectivity index (χ0v) is 10.6. The zero-order chi connectivity index (χ0) is 12.6. The van der Waals surface area contributed by atoms with Gasteiger partial charge < -0.3 is 10.6 Å². The second-order valence-corrected chi connectivity index (χ2v) is 5.40. The van der Waals surface area contributed by atoms with E-state index in [1.807, 2.05) is 6.92 Å². The maximum atomic E-state index is 7.58. The van der Waals surface area contributed by atoms with Crippen molar-refractivity contribution >= 4 is 11.7 Å². The summed E-state index contributed by atoms with van der Waals surface area (Å²) in [7, 11) is 0. The maximum absolute atomic E-state index is 7.58. The van der Waals surface area contributed by atoms with Gasteiger partial charge in [0.2, 0.25) is 0 Å². The average Bonchev–Trinajstić information content (AvgIpc) is 2.58. The molecular formula is C12H19N5. The molecule has 0 spiro atoms. The number of hydrogen-bond acceptors (Lipinski definition) is 4. The first-order valence-corrected chi connectivity index (χ1v) is 5.82. The summed E-state index contributed by atoms with van der Waals surface area (Å²) in [6.45, 7) is 8.26. The molecule has 1 aromatic heterocycles. The van der Waals surface area contributed by atoms with Crippen LogP contribution in [-0.2, 0) is 0 Å². The number of nitrogen functional groups attached to an aromatic ring is 1. The molecule has 1 aliphatic rings. The lowest BCUT2D eigenvalue weighted by Gasteiger charge is -2.22. The Hall–Kier alpha value is -1.65. The number of amidine groups is 1. The molecule has 0 saturated carbocycles. The smallest absolute Gasteiger partial charge is 0.143 e. The van der Waals surface area contributed by atoms with E-state index in [-0.39, 0.29) is 5.84 Å². The Morgan fingerprint density at radius 3 is 2.76 bits per heavy atom. The molecule has 17 heavy (non-hydrogen) atoms. The third-order valence-corrected chi connectivity index (χ3v) is 3.16. The molecule has 1 aromatic rings. The van der Waals surface area contributed by atoms with Crippen molar-refractivity contribution < 1.29 is 0 Å². The first-order valence-electron chi connectivity index (χ1n) is 5.82. The fourth-order valence-corrected chi connectivity index (χ4v) is 2.18. The van der Waals surface area contributed by atoms with Crippen molar-refractivity contribution in [3.63, 3.8) is 0 Å². The summed E-state index contributed by atoms with van der Waals surface area (Å²) in [6.07, 6.45) is 2.78. The second-order valence-electron chi connectivity index (χ2n) is 5.40. The predicted octanol–water partition coefficient (Wildman–Crippen LogP) is 1.31. The fraction of sp³-hybridized carbons (Fsp3) is 0.583. The highest BCUT2D eigenvalue weighted by molar-refractivity contribution is 5.99. The van der Waals surface area contributed by atoms with E-state index >= 15 is 0 Å². The summed E-state index contributed by atoms with van der Waals surface area (Å²) in [5, 5.41) is 7.58. The second kappa shape index (κ2) is 3.98. The van der Waals surface area contributed by atoms with Gasteiger partial charge in [-0.2, -0.15) is 0 Å².